The Labute approximate surface area is 115 Å². The number of hydrogen-bond donors (Lipinski definition) is 2. The summed E-state index contributed by atoms with van der Waals surface area (Å²) in [5, 5.41) is 12.4. The molecule has 4 heteroatoms. The van der Waals surface area contributed by atoms with Crippen molar-refractivity contribution in [2.45, 2.75) is 40.0 Å². The molecule has 0 aliphatic heterocycles. The fraction of sp³-hybridized carbons (Fsp3) is 0.600. The van der Waals surface area contributed by atoms with Crippen molar-refractivity contribution in [2.24, 2.45) is 5.41 Å². The van der Waals surface area contributed by atoms with Crippen LogP contribution in [0.5, 0.6) is 0 Å². The van der Waals surface area contributed by atoms with Crippen LogP contribution in [0.2, 0.25) is 0 Å². The Morgan fingerprint density at radius 1 is 1.37 bits per heavy atom. The third kappa shape index (κ3) is 4.63. The quantitative estimate of drug-likeness (QED) is 0.790. The van der Waals surface area contributed by atoms with E-state index in [2.05, 4.69) is 10.3 Å². The van der Waals surface area contributed by atoms with Crippen LogP contribution in [0.3, 0.4) is 0 Å². The number of hydrogen-bond acceptors (Lipinski definition) is 3. The maximum absolute atomic E-state index is 11.9. The summed E-state index contributed by atoms with van der Waals surface area (Å²) in [6, 6.07) is 3.82. The summed E-state index contributed by atoms with van der Waals surface area (Å²) in [6.45, 7) is 6.62. The molecule has 106 valence electrons. The largest absolute Gasteiger partial charge is 0.396 e. The van der Waals surface area contributed by atoms with Crippen LogP contribution in [-0.4, -0.2) is 29.1 Å². The molecule has 19 heavy (non-hydrogen) atoms. The summed E-state index contributed by atoms with van der Waals surface area (Å²) in [5.74, 6) is -0.0228. The zero-order valence-electron chi connectivity index (χ0n) is 12.1. The summed E-state index contributed by atoms with van der Waals surface area (Å²) in [5.41, 5.74) is 1.66. The van der Waals surface area contributed by atoms with Gasteiger partial charge < -0.3 is 10.4 Å². The highest BCUT2D eigenvalue weighted by molar-refractivity contribution is 5.78. The first kappa shape index (κ1) is 15.6. The number of pyridine rings is 1. The van der Waals surface area contributed by atoms with Crippen molar-refractivity contribution in [3.8, 4) is 0 Å². The minimum Gasteiger partial charge on any atom is -0.396 e. The molecule has 0 aliphatic carbocycles. The Bertz CT molecular complexity index is 389. The van der Waals surface area contributed by atoms with Crippen molar-refractivity contribution in [1.82, 2.24) is 10.3 Å². The molecule has 0 unspecified atom stereocenters. The molecule has 0 aliphatic rings. The van der Waals surface area contributed by atoms with Crippen LogP contribution in [0.4, 0.5) is 0 Å². The standard InChI is InChI=1S/C15H24N2O2/c1-4-15(5-2,11-18)10-17-14(19)8-13-7-6-12(3)16-9-13/h6-7,9,18H,4-5,8,10-11H2,1-3H3,(H,17,19). The molecule has 0 saturated heterocycles. The predicted octanol–water partition coefficient (Wildman–Crippen LogP) is 1.85. The zero-order chi connectivity index (χ0) is 14.3. The van der Waals surface area contributed by atoms with Gasteiger partial charge in [-0.15, -0.1) is 0 Å². The zero-order valence-corrected chi connectivity index (χ0v) is 12.1. The van der Waals surface area contributed by atoms with Gasteiger partial charge in [0.25, 0.3) is 0 Å². The topological polar surface area (TPSA) is 62.2 Å². The minimum atomic E-state index is -0.193. The summed E-state index contributed by atoms with van der Waals surface area (Å²) >= 11 is 0. The smallest absolute Gasteiger partial charge is 0.224 e. The van der Waals surface area contributed by atoms with Gasteiger partial charge in [-0.05, 0) is 31.4 Å². The molecule has 1 rings (SSSR count). The van der Waals surface area contributed by atoms with Gasteiger partial charge in [-0.25, -0.2) is 0 Å². The van der Waals surface area contributed by atoms with E-state index < -0.39 is 0 Å². The highest BCUT2D eigenvalue weighted by Gasteiger charge is 2.25. The number of carbonyl (C=O) groups excluding carboxylic acids is 1. The molecule has 0 atom stereocenters. The van der Waals surface area contributed by atoms with Crippen LogP contribution < -0.4 is 5.32 Å². The van der Waals surface area contributed by atoms with Crippen molar-refractivity contribution in [1.29, 1.82) is 0 Å². The second-order valence-electron chi connectivity index (χ2n) is 5.13. The fourth-order valence-electron chi connectivity index (χ4n) is 1.92. The molecular weight excluding hydrogens is 240 g/mol. The lowest BCUT2D eigenvalue weighted by atomic mass is 9.83. The lowest BCUT2D eigenvalue weighted by Gasteiger charge is -2.29. The summed E-state index contributed by atoms with van der Waals surface area (Å²) in [6.07, 6.45) is 3.77. The summed E-state index contributed by atoms with van der Waals surface area (Å²) in [7, 11) is 0. The number of nitrogens with one attached hydrogen (secondary N) is 1. The number of aliphatic hydroxyl groups excluding tert-OH is 1. The van der Waals surface area contributed by atoms with E-state index in [1.807, 2.05) is 32.9 Å². The molecule has 1 aromatic heterocycles. The molecule has 0 bridgehead atoms. The normalized spacial score (nSPS) is 11.4. The van der Waals surface area contributed by atoms with Gasteiger partial charge in [-0.3, -0.25) is 9.78 Å². The van der Waals surface area contributed by atoms with Gasteiger partial charge in [-0.2, -0.15) is 0 Å². The number of aromatic nitrogens is 1. The first-order valence-corrected chi connectivity index (χ1v) is 6.84. The van der Waals surface area contributed by atoms with Crippen molar-refractivity contribution in [3.05, 3.63) is 29.6 Å². The molecule has 1 heterocycles. The highest BCUT2D eigenvalue weighted by atomic mass is 16.3. The van der Waals surface area contributed by atoms with E-state index in [4.69, 9.17) is 0 Å². The van der Waals surface area contributed by atoms with Gasteiger partial charge in [-0.1, -0.05) is 19.9 Å². The Kier molecular flexibility index (Phi) is 5.96. The number of carbonyl (C=O) groups is 1. The molecule has 1 aromatic rings. The van der Waals surface area contributed by atoms with Crippen LogP contribution in [0.25, 0.3) is 0 Å². The molecule has 1 amide bonds. The maximum atomic E-state index is 11.9. The highest BCUT2D eigenvalue weighted by Crippen LogP contribution is 2.24. The molecule has 0 spiro atoms. The van der Waals surface area contributed by atoms with Gasteiger partial charge >= 0.3 is 0 Å². The van der Waals surface area contributed by atoms with Gasteiger partial charge in [0.2, 0.25) is 5.91 Å². The lowest BCUT2D eigenvalue weighted by molar-refractivity contribution is -0.121. The number of amides is 1. The Morgan fingerprint density at radius 3 is 2.53 bits per heavy atom. The predicted molar refractivity (Wildman–Crippen MR) is 75.8 cm³/mol. The number of nitrogens with zero attached hydrogens (tertiary/aromatic N) is 1. The fourth-order valence-corrected chi connectivity index (χ4v) is 1.92. The Hall–Kier alpha value is -1.42. The number of rotatable bonds is 7. The van der Waals surface area contributed by atoms with Crippen molar-refractivity contribution < 1.29 is 9.90 Å². The molecule has 2 N–H and O–H groups in total. The first-order valence-electron chi connectivity index (χ1n) is 6.84. The molecular formula is C15H24N2O2. The van der Waals surface area contributed by atoms with Gasteiger partial charge in [0.1, 0.15) is 0 Å². The van der Waals surface area contributed by atoms with Crippen molar-refractivity contribution in [3.63, 3.8) is 0 Å². The molecule has 0 fully saturated rings. The second kappa shape index (κ2) is 7.24. The van der Waals surface area contributed by atoms with E-state index >= 15 is 0 Å². The third-order valence-electron chi connectivity index (χ3n) is 3.83. The maximum Gasteiger partial charge on any atom is 0.224 e. The van der Waals surface area contributed by atoms with E-state index in [1.54, 1.807) is 6.20 Å². The first-order chi connectivity index (χ1) is 9.05. The van der Waals surface area contributed by atoms with E-state index in [0.29, 0.717) is 13.0 Å². The summed E-state index contributed by atoms with van der Waals surface area (Å²) < 4.78 is 0. The van der Waals surface area contributed by atoms with Gasteiger partial charge in [0.05, 0.1) is 13.0 Å². The van der Waals surface area contributed by atoms with E-state index in [0.717, 1.165) is 24.1 Å². The van der Waals surface area contributed by atoms with Crippen molar-refractivity contribution >= 4 is 5.91 Å². The Balaban J connectivity index is 2.49. The van der Waals surface area contributed by atoms with Crippen molar-refractivity contribution in [2.75, 3.05) is 13.2 Å². The molecule has 4 nitrogen and oxygen atoms in total. The molecule has 0 aromatic carbocycles. The molecule has 0 saturated carbocycles. The van der Waals surface area contributed by atoms with Crippen LogP contribution >= 0.6 is 0 Å². The van der Waals surface area contributed by atoms with Gasteiger partial charge in [0.15, 0.2) is 0 Å². The van der Waals surface area contributed by atoms with Gasteiger partial charge in [0, 0.05) is 23.9 Å². The van der Waals surface area contributed by atoms with Crippen LogP contribution in [-0.2, 0) is 11.2 Å². The van der Waals surface area contributed by atoms with Crippen LogP contribution in [0.15, 0.2) is 18.3 Å². The van der Waals surface area contributed by atoms with E-state index in [1.165, 1.54) is 0 Å². The molecule has 0 radical (unpaired) electrons. The Morgan fingerprint density at radius 2 is 2.05 bits per heavy atom. The average molecular weight is 264 g/mol. The minimum absolute atomic E-state index is 0.0228. The van der Waals surface area contributed by atoms with Crippen LogP contribution in [0.1, 0.15) is 37.9 Å². The average Bonchev–Trinajstić information content (AvgIpc) is 2.44. The third-order valence-corrected chi connectivity index (χ3v) is 3.83. The number of aliphatic hydroxyl groups is 1. The van der Waals surface area contributed by atoms with E-state index in [-0.39, 0.29) is 17.9 Å². The monoisotopic (exact) mass is 264 g/mol. The summed E-state index contributed by atoms with van der Waals surface area (Å²) in [4.78, 5) is 16.0. The van der Waals surface area contributed by atoms with E-state index in [9.17, 15) is 9.90 Å². The lowest BCUT2D eigenvalue weighted by Crippen LogP contribution is -2.40. The second-order valence-corrected chi connectivity index (χ2v) is 5.13. The van der Waals surface area contributed by atoms with Crippen LogP contribution in [0, 0.1) is 12.3 Å². The SMILES string of the molecule is CCC(CC)(CO)CNC(=O)Cc1ccc(C)nc1. The number of aryl methyl sites for hydroxylation is 1.